The molecule has 18 heavy (non-hydrogen) atoms. The van der Waals surface area contributed by atoms with Crippen LogP contribution in [-0.4, -0.2) is 20.1 Å². The minimum absolute atomic E-state index is 0.0547. The first-order valence-electron chi connectivity index (χ1n) is 5.76. The zero-order valence-electron chi connectivity index (χ0n) is 11.0. The maximum atomic E-state index is 12.2. The summed E-state index contributed by atoms with van der Waals surface area (Å²) in [5.41, 5.74) is 3.62. The maximum Gasteiger partial charge on any atom is 0.186 e. The fourth-order valence-corrected chi connectivity index (χ4v) is 2.08. The van der Waals surface area contributed by atoms with Crippen LogP contribution >= 0.6 is 11.6 Å². The lowest BCUT2D eigenvalue weighted by atomic mass is 10.1. The van der Waals surface area contributed by atoms with E-state index < -0.39 is 0 Å². The third kappa shape index (κ3) is 2.08. The normalized spacial score (nSPS) is 10.9. The summed E-state index contributed by atoms with van der Waals surface area (Å²) in [4.78, 5) is 12.2. The van der Waals surface area contributed by atoms with E-state index in [9.17, 15) is 4.79 Å². The van der Waals surface area contributed by atoms with Crippen LogP contribution in [0.5, 0.6) is 0 Å². The van der Waals surface area contributed by atoms with Gasteiger partial charge in [0.25, 0.3) is 0 Å². The van der Waals surface area contributed by atoms with Gasteiger partial charge in [-0.15, -0.1) is 0 Å². The smallest absolute Gasteiger partial charge is 0.186 e. The number of hydrogen-bond donors (Lipinski definition) is 0. The molecule has 4 nitrogen and oxygen atoms in total. The Morgan fingerprint density at radius 3 is 2.44 bits per heavy atom. The molecule has 96 valence electrons. The van der Waals surface area contributed by atoms with E-state index in [2.05, 4.69) is 5.10 Å². The molecule has 0 spiro atoms. The van der Waals surface area contributed by atoms with Crippen molar-refractivity contribution in [2.75, 3.05) is 0 Å². The molecule has 0 amide bonds. The van der Waals surface area contributed by atoms with Gasteiger partial charge in [0.2, 0.25) is 0 Å². The molecule has 0 N–H and O–H groups in total. The quantitative estimate of drug-likeness (QED) is 0.801. The Labute approximate surface area is 111 Å². The molecule has 0 saturated heterocycles. The minimum Gasteiger partial charge on any atom is -0.351 e. The molecule has 2 aromatic heterocycles. The molecule has 0 aliphatic rings. The number of nitrogens with zero attached hydrogens (tertiary/aromatic N) is 3. The van der Waals surface area contributed by atoms with Crippen LogP contribution in [0.4, 0.5) is 0 Å². The summed E-state index contributed by atoms with van der Waals surface area (Å²) in [5, 5.41) is 4.68. The Bertz CT molecular complexity index is 610. The van der Waals surface area contributed by atoms with Crippen LogP contribution in [-0.2, 0) is 13.6 Å². The van der Waals surface area contributed by atoms with E-state index in [0.29, 0.717) is 5.02 Å². The van der Waals surface area contributed by atoms with Gasteiger partial charge >= 0.3 is 0 Å². The van der Waals surface area contributed by atoms with E-state index in [4.69, 9.17) is 11.6 Å². The first kappa shape index (κ1) is 12.9. The van der Waals surface area contributed by atoms with E-state index in [1.165, 1.54) is 0 Å². The maximum absolute atomic E-state index is 12.2. The Morgan fingerprint density at radius 2 is 2.00 bits per heavy atom. The predicted octanol–water partition coefficient (Wildman–Crippen LogP) is 2.68. The number of aryl methyl sites for hydroxylation is 1. The largest absolute Gasteiger partial charge is 0.351 e. The molecule has 0 bridgehead atoms. The number of Topliss-reactive ketones (excluding diaryl/α,β-unsaturated/α-hetero) is 1. The molecule has 0 aliphatic carbocycles. The number of rotatable bonds is 3. The Kier molecular flexibility index (Phi) is 3.30. The number of hydrogen-bond acceptors (Lipinski definition) is 2. The van der Waals surface area contributed by atoms with Crippen LogP contribution in [0.3, 0.4) is 0 Å². The molecular weight excluding hydrogens is 250 g/mol. The van der Waals surface area contributed by atoms with Gasteiger partial charge in [0.15, 0.2) is 5.78 Å². The van der Waals surface area contributed by atoms with Gasteiger partial charge in [-0.05, 0) is 26.8 Å². The van der Waals surface area contributed by atoms with Gasteiger partial charge in [-0.3, -0.25) is 9.48 Å². The molecule has 2 heterocycles. The van der Waals surface area contributed by atoms with E-state index in [0.717, 1.165) is 22.6 Å². The second-order valence-corrected chi connectivity index (χ2v) is 4.91. The summed E-state index contributed by atoms with van der Waals surface area (Å²) in [6.07, 6.45) is 1.56. The topological polar surface area (TPSA) is 39.8 Å². The first-order chi connectivity index (χ1) is 8.41. The summed E-state index contributed by atoms with van der Waals surface area (Å²) < 4.78 is 3.64. The van der Waals surface area contributed by atoms with Gasteiger partial charge < -0.3 is 4.57 Å². The van der Waals surface area contributed by atoms with Crippen LogP contribution in [0, 0.1) is 20.8 Å². The van der Waals surface area contributed by atoms with Gasteiger partial charge in [-0.1, -0.05) is 11.6 Å². The lowest BCUT2D eigenvalue weighted by molar-refractivity contribution is 0.0966. The second-order valence-electron chi connectivity index (χ2n) is 4.50. The van der Waals surface area contributed by atoms with E-state index in [-0.39, 0.29) is 12.3 Å². The SMILES string of the molecule is Cc1c(Cl)cnn1CC(=O)c1cc(C)n(C)c1C. The molecule has 5 heteroatoms. The molecule has 0 radical (unpaired) electrons. The molecule has 0 aromatic carbocycles. The highest BCUT2D eigenvalue weighted by Gasteiger charge is 2.16. The number of ketones is 1. The van der Waals surface area contributed by atoms with E-state index >= 15 is 0 Å². The Morgan fingerprint density at radius 1 is 1.33 bits per heavy atom. The molecular formula is C13H16ClN3O. The zero-order valence-corrected chi connectivity index (χ0v) is 11.7. The fraction of sp³-hybridized carbons (Fsp3) is 0.385. The molecule has 0 fully saturated rings. The summed E-state index contributed by atoms with van der Waals surface area (Å²) in [6, 6.07) is 1.91. The highest BCUT2D eigenvalue weighted by molar-refractivity contribution is 6.31. The fourth-order valence-electron chi connectivity index (χ4n) is 1.94. The average Bonchev–Trinajstić information content (AvgIpc) is 2.77. The monoisotopic (exact) mass is 265 g/mol. The van der Waals surface area contributed by atoms with Crippen LogP contribution in [0.15, 0.2) is 12.3 Å². The van der Waals surface area contributed by atoms with Gasteiger partial charge in [-0.2, -0.15) is 5.10 Å². The van der Waals surface area contributed by atoms with Crippen molar-refractivity contribution in [2.45, 2.75) is 27.3 Å². The molecule has 2 rings (SSSR count). The van der Waals surface area contributed by atoms with Crippen LogP contribution in [0.1, 0.15) is 27.4 Å². The molecule has 2 aromatic rings. The van der Waals surface area contributed by atoms with Crippen molar-refractivity contribution < 1.29 is 4.79 Å². The summed E-state index contributed by atoms with van der Waals surface area (Å²) in [7, 11) is 1.96. The number of carbonyl (C=O) groups excluding carboxylic acids is 1. The number of carbonyl (C=O) groups is 1. The van der Waals surface area contributed by atoms with Crippen molar-refractivity contribution in [1.29, 1.82) is 0 Å². The van der Waals surface area contributed by atoms with Gasteiger partial charge in [0.1, 0.15) is 6.54 Å². The standard InChI is InChI=1S/C13H16ClN3O/c1-8-5-11(9(2)16(8)4)13(18)7-17-10(3)12(14)6-15-17/h5-6H,7H2,1-4H3. The van der Waals surface area contributed by atoms with Gasteiger partial charge in [0, 0.05) is 24.0 Å². The third-order valence-electron chi connectivity index (χ3n) is 3.41. The number of halogens is 1. The molecule has 0 saturated carbocycles. The molecule has 0 unspecified atom stereocenters. The van der Waals surface area contributed by atoms with Crippen LogP contribution < -0.4 is 0 Å². The van der Waals surface area contributed by atoms with Crippen molar-refractivity contribution in [3.05, 3.63) is 39.9 Å². The molecule has 0 atom stereocenters. The van der Waals surface area contributed by atoms with Gasteiger partial charge in [0.05, 0.1) is 16.9 Å². The Hall–Kier alpha value is -1.55. The third-order valence-corrected chi connectivity index (χ3v) is 3.78. The first-order valence-corrected chi connectivity index (χ1v) is 6.13. The van der Waals surface area contributed by atoms with Crippen molar-refractivity contribution in [3.63, 3.8) is 0 Å². The average molecular weight is 266 g/mol. The van der Waals surface area contributed by atoms with Gasteiger partial charge in [-0.25, -0.2) is 0 Å². The zero-order chi connectivity index (χ0) is 13.4. The van der Waals surface area contributed by atoms with Crippen LogP contribution in [0.2, 0.25) is 5.02 Å². The van der Waals surface area contributed by atoms with E-state index in [1.807, 2.05) is 38.5 Å². The van der Waals surface area contributed by atoms with Crippen molar-refractivity contribution in [3.8, 4) is 0 Å². The highest BCUT2D eigenvalue weighted by Crippen LogP contribution is 2.17. The Balaban J connectivity index is 2.27. The molecule has 0 aliphatic heterocycles. The van der Waals surface area contributed by atoms with E-state index in [1.54, 1.807) is 10.9 Å². The van der Waals surface area contributed by atoms with Crippen molar-refractivity contribution in [2.24, 2.45) is 7.05 Å². The van der Waals surface area contributed by atoms with Crippen LogP contribution in [0.25, 0.3) is 0 Å². The highest BCUT2D eigenvalue weighted by atomic mass is 35.5. The van der Waals surface area contributed by atoms with Crippen molar-refractivity contribution >= 4 is 17.4 Å². The lowest BCUT2D eigenvalue weighted by Gasteiger charge is -2.04. The summed E-state index contributed by atoms with van der Waals surface area (Å²) >= 11 is 5.92. The second kappa shape index (κ2) is 4.61. The van der Waals surface area contributed by atoms with Crippen molar-refractivity contribution in [1.82, 2.24) is 14.3 Å². The summed E-state index contributed by atoms with van der Waals surface area (Å²) in [6.45, 7) is 6.01. The predicted molar refractivity (Wildman–Crippen MR) is 71.2 cm³/mol. The summed E-state index contributed by atoms with van der Waals surface area (Å²) in [5.74, 6) is 0.0547. The lowest BCUT2D eigenvalue weighted by Crippen LogP contribution is -2.13. The number of aromatic nitrogens is 3. The minimum atomic E-state index is 0.0547.